The van der Waals surface area contributed by atoms with Crippen LogP contribution in [0, 0.1) is 0 Å². The lowest BCUT2D eigenvalue weighted by Gasteiger charge is -2.10. The minimum absolute atomic E-state index is 0.0507. The van der Waals surface area contributed by atoms with E-state index in [-0.39, 0.29) is 5.91 Å². The summed E-state index contributed by atoms with van der Waals surface area (Å²) in [5.74, 6) is 0.764. The van der Waals surface area contributed by atoms with Gasteiger partial charge >= 0.3 is 0 Å². The molecule has 1 amide bonds. The summed E-state index contributed by atoms with van der Waals surface area (Å²) in [4.78, 5) is 13.6. The average Bonchev–Trinajstić information content (AvgIpc) is 2.50. The fourth-order valence-electron chi connectivity index (χ4n) is 1.75. The van der Waals surface area contributed by atoms with Crippen LogP contribution in [0.4, 0.5) is 11.4 Å². The van der Waals surface area contributed by atoms with Gasteiger partial charge in [0.2, 0.25) is 5.91 Å². The van der Waals surface area contributed by atoms with Crippen LogP contribution in [-0.4, -0.2) is 13.0 Å². The predicted molar refractivity (Wildman–Crippen MR) is 86.9 cm³/mol. The summed E-state index contributed by atoms with van der Waals surface area (Å²) in [6.45, 7) is 1.81. The molecule has 2 rings (SSSR count). The second-order valence-electron chi connectivity index (χ2n) is 4.43. The van der Waals surface area contributed by atoms with Crippen LogP contribution in [0.3, 0.4) is 0 Å². The van der Waals surface area contributed by atoms with Crippen molar-refractivity contribution in [3.8, 4) is 5.75 Å². The molecule has 0 bridgehead atoms. The van der Waals surface area contributed by atoms with Gasteiger partial charge in [-0.2, -0.15) is 0 Å². The number of hydrogen-bond acceptors (Lipinski definition) is 4. The Morgan fingerprint density at radius 1 is 1.24 bits per heavy atom. The van der Waals surface area contributed by atoms with E-state index in [1.165, 1.54) is 0 Å². The van der Waals surface area contributed by atoms with Gasteiger partial charge in [-0.1, -0.05) is 24.8 Å². The van der Waals surface area contributed by atoms with E-state index in [1.54, 1.807) is 31.9 Å². The Morgan fingerprint density at radius 2 is 2.00 bits per heavy atom. The highest BCUT2D eigenvalue weighted by Crippen LogP contribution is 2.33. The van der Waals surface area contributed by atoms with Gasteiger partial charge in [0.1, 0.15) is 5.75 Å². The summed E-state index contributed by atoms with van der Waals surface area (Å²) in [6, 6.07) is 13.4. The van der Waals surface area contributed by atoms with Gasteiger partial charge in [0, 0.05) is 16.2 Å². The minimum atomic E-state index is -0.0507. The van der Waals surface area contributed by atoms with Crippen LogP contribution in [0.1, 0.15) is 13.3 Å². The molecule has 0 radical (unpaired) electrons. The maximum atomic E-state index is 11.5. The molecule has 0 heterocycles. The molecule has 3 N–H and O–H groups in total. The number of nitrogens with two attached hydrogens (primary N) is 1. The van der Waals surface area contributed by atoms with Gasteiger partial charge in [0.05, 0.1) is 18.5 Å². The van der Waals surface area contributed by atoms with Crippen molar-refractivity contribution >= 4 is 29.0 Å². The van der Waals surface area contributed by atoms with Crippen LogP contribution < -0.4 is 15.8 Å². The van der Waals surface area contributed by atoms with Crippen molar-refractivity contribution in [1.29, 1.82) is 0 Å². The fraction of sp³-hybridized carbons (Fsp3) is 0.188. The maximum absolute atomic E-state index is 11.5. The number of carbonyl (C=O) groups excluding carboxylic acids is 1. The Balaban J connectivity index is 2.20. The molecule has 0 aliphatic heterocycles. The zero-order chi connectivity index (χ0) is 15.2. The Kier molecular flexibility index (Phi) is 5.11. The molecule has 2 aromatic rings. The van der Waals surface area contributed by atoms with E-state index < -0.39 is 0 Å². The second kappa shape index (κ2) is 7.04. The number of nitrogen functional groups attached to an aromatic ring is 1. The Hall–Kier alpha value is -2.14. The smallest absolute Gasteiger partial charge is 0.224 e. The highest BCUT2D eigenvalue weighted by molar-refractivity contribution is 7.99. The molecule has 0 saturated heterocycles. The van der Waals surface area contributed by atoms with Gasteiger partial charge in [-0.25, -0.2) is 0 Å². The van der Waals surface area contributed by atoms with Crippen molar-refractivity contribution in [2.75, 3.05) is 18.2 Å². The first kappa shape index (κ1) is 15.3. The third kappa shape index (κ3) is 4.16. The third-order valence-corrected chi connectivity index (χ3v) is 3.88. The van der Waals surface area contributed by atoms with Crippen molar-refractivity contribution in [3.63, 3.8) is 0 Å². The van der Waals surface area contributed by atoms with E-state index in [0.29, 0.717) is 17.8 Å². The van der Waals surface area contributed by atoms with E-state index in [9.17, 15) is 4.79 Å². The molecule has 0 aromatic heterocycles. The fourth-order valence-corrected chi connectivity index (χ4v) is 2.65. The van der Waals surface area contributed by atoms with E-state index >= 15 is 0 Å². The number of rotatable bonds is 5. The van der Waals surface area contributed by atoms with Gasteiger partial charge in [-0.15, -0.1) is 0 Å². The van der Waals surface area contributed by atoms with Crippen LogP contribution in [0.15, 0.2) is 52.3 Å². The van der Waals surface area contributed by atoms with E-state index in [1.807, 2.05) is 36.4 Å². The van der Waals surface area contributed by atoms with Crippen molar-refractivity contribution in [1.82, 2.24) is 0 Å². The number of amides is 1. The second-order valence-corrected chi connectivity index (χ2v) is 5.58. The lowest BCUT2D eigenvalue weighted by molar-refractivity contribution is -0.115. The Morgan fingerprint density at radius 3 is 2.71 bits per heavy atom. The van der Waals surface area contributed by atoms with Crippen molar-refractivity contribution < 1.29 is 9.53 Å². The monoisotopic (exact) mass is 302 g/mol. The molecule has 110 valence electrons. The number of hydrogen-bond donors (Lipinski definition) is 2. The first-order valence-electron chi connectivity index (χ1n) is 6.63. The number of nitrogens with one attached hydrogen (secondary N) is 1. The summed E-state index contributed by atoms with van der Waals surface area (Å²) in [5, 5.41) is 2.81. The number of methoxy groups -OCH3 is 1. The first-order valence-corrected chi connectivity index (χ1v) is 7.45. The summed E-state index contributed by atoms with van der Waals surface area (Å²) < 4.78 is 5.21. The van der Waals surface area contributed by atoms with Crippen molar-refractivity contribution in [2.24, 2.45) is 0 Å². The normalized spacial score (nSPS) is 10.2. The number of carbonyl (C=O) groups is 1. The molecule has 0 aliphatic carbocycles. The largest absolute Gasteiger partial charge is 0.497 e. The predicted octanol–water partition coefficient (Wildman–Crippen LogP) is 3.78. The zero-order valence-electron chi connectivity index (χ0n) is 12.1. The SMILES string of the molecule is CCC(=O)Nc1cc(Sc2cccc(OC)c2)ccc1N. The van der Waals surface area contributed by atoms with E-state index in [0.717, 1.165) is 15.5 Å². The van der Waals surface area contributed by atoms with Crippen LogP contribution in [0.2, 0.25) is 0 Å². The standard InChI is InChI=1S/C16H18N2O2S/c1-3-16(19)18-15-10-13(7-8-14(15)17)21-12-6-4-5-11(9-12)20-2/h4-10H,3,17H2,1-2H3,(H,18,19). The molecule has 0 fully saturated rings. The number of anilines is 2. The molecule has 5 heteroatoms. The van der Waals surface area contributed by atoms with Crippen molar-refractivity contribution in [3.05, 3.63) is 42.5 Å². The quantitative estimate of drug-likeness (QED) is 0.825. The minimum Gasteiger partial charge on any atom is -0.497 e. The topological polar surface area (TPSA) is 64.3 Å². The summed E-state index contributed by atoms with van der Waals surface area (Å²) >= 11 is 1.59. The summed E-state index contributed by atoms with van der Waals surface area (Å²) in [6.07, 6.45) is 0.423. The van der Waals surface area contributed by atoms with Gasteiger partial charge in [-0.05, 0) is 36.4 Å². The summed E-state index contributed by atoms with van der Waals surface area (Å²) in [5.41, 5.74) is 7.10. The molecule has 0 atom stereocenters. The molecule has 2 aromatic carbocycles. The Bertz CT molecular complexity index is 644. The van der Waals surface area contributed by atoms with Gasteiger partial charge in [-0.3, -0.25) is 4.79 Å². The first-order chi connectivity index (χ1) is 10.1. The third-order valence-electron chi connectivity index (χ3n) is 2.90. The molecule has 0 unspecified atom stereocenters. The summed E-state index contributed by atoms with van der Waals surface area (Å²) in [7, 11) is 1.64. The van der Waals surface area contributed by atoms with E-state index in [4.69, 9.17) is 10.5 Å². The van der Waals surface area contributed by atoms with E-state index in [2.05, 4.69) is 5.32 Å². The maximum Gasteiger partial charge on any atom is 0.224 e. The zero-order valence-corrected chi connectivity index (χ0v) is 12.9. The Labute approximate surface area is 128 Å². The number of ether oxygens (including phenoxy) is 1. The number of benzene rings is 2. The molecule has 0 spiro atoms. The highest BCUT2D eigenvalue weighted by Gasteiger charge is 2.06. The van der Waals surface area contributed by atoms with Gasteiger partial charge in [0.15, 0.2) is 0 Å². The average molecular weight is 302 g/mol. The van der Waals surface area contributed by atoms with Gasteiger partial charge in [0.25, 0.3) is 0 Å². The van der Waals surface area contributed by atoms with Crippen LogP contribution >= 0.6 is 11.8 Å². The van der Waals surface area contributed by atoms with Crippen molar-refractivity contribution in [2.45, 2.75) is 23.1 Å². The molecular weight excluding hydrogens is 284 g/mol. The lowest BCUT2D eigenvalue weighted by atomic mass is 10.2. The molecule has 0 aliphatic rings. The molecule has 4 nitrogen and oxygen atoms in total. The molecular formula is C16H18N2O2S. The molecule has 21 heavy (non-hydrogen) atoms. The highest BCUT2D eigenvalue weighted by atomic mass is 32.2. The lowest BCUT2D eigenvalue weighted by Crippen LogP contribution is -2.11. The van der Waals surface area contributed by atoms with Crippen LogP contribution in [-0.2, 0) is 4.79 Å². The van der Waals surface area contributed by atoms with Crippen LogP contribution in [0.5, 0.6) is 5.75 Å². The molecule has 0 saturated carbocycles. The van der Waals surface area contributed by atoms with Gasteiger partial charge < -0.3 is 15.8 Å². The van der Waals surface area contributed by atoms with Crippen LogP contribution in [0.25, 0.3) is 0 Å².